The summed E-state index contributed by atoms with van der Waals surface area (Å²) in [5.74, 6) is 0.356. The first kappa shape index (κ1) is 14.6. The molecule has 2 amide bonds. The summed E-state index contributed by atoms with van der Waals surface area (Å²) in [5.41, 5.74) is 0.411. The fourth-order valence-corrected chi connectivity index (χ4v) is 2.22. The Hall–Kier alpha value is -1.82. The SMILES string of the molecule is CCNc1ncc(C(=O)NC2CCC(=O)NC2)cc1Cl. The number of carbonyl (C=O) groups is 2. The van der Waals surface area contributed by atoms with Crippen LogP contribution in [0.1, 0.15) is 30.1 Å². The van der Waals surface area contributed by atoms with Gasteiger partial charge in [0.15, 0.2) is 0 Å². The number of hydrogen-bond acceptors (Lipinski definition) is 4. The number of anilines is 1. The molecule has 6 nitrogen and oxygen atoms in total. The zero-order valence-electron chi connectivity index (χ0n) is 11.2. The van der Waals surface area contributed by atoms with Crippen LogP contribution in [0, 0.1) is 0 Å². The maximum atomic E-state index is 12.1. The quantitative estimate of drug-likeness (QED) is 0.779. The van der Waals surface area contributed by atoms with E-state index in [1.807, 2.05) is 6.92 Å². The summed E-state index contributed by atoms with van der Waals surface area (Å²) in [6.07, 6.45) is 2.57. The van der Waals surface area contributed by atoms with Crippen molar-refractivity contribution in [3.05, 3.63) is 22.8 Å². The number of amides is 2. The van der Waals surface area contributed by atoms with Gasteiger partial charge in [-0.3, -0.25) is 9.59 Å². The van der Waals surface area contributed by atoms with Crippen LogP contribution in [0.4, 0.5) is 5.82 Å². The smallest absolute Gasteiger partial charge is 0.253 e. The van der Waals surface area contributed by atoms with E-state index in [9.17, 15) is 9.59 Å². The molecule has 3 N–H and O–H groups in total. The van der Waals surface area contributed by atoms with Crippen LogP contribution in [0.2, 0.25) is 5.02 Å². The Morgan fingerprint density at radius 1 is 1.60 bits per heavy atom. The molecule has 1 aromatic heterocycles. The monoisotopic (exact) mass is 296 g/mol. The van der Waals surface area contributed by atoms with E-state index in [2.05, 4.69) is 20.9 Å². The van der Waals surface area contributed by atoms with Crippen LogP contribution in [0.25, 0.3) is 0 Å². The average molecular weight is 297 g/mol. The van der Waals surface area contributed by atoms with E-state index in [1.165, 1.54) is 6.20 Å². The number of rotatable bonds is 4. The van der Waals surface area contributed by atoms with Gasteiger partial charge in [-0.2, -0.15) is 0 Å². The first-order chi connectivity index (χ1) is 9.60. The van der Waals surface area contributed by atoms with Crippen LogP contribution in [-0.4, -0.2) is 35.9 Å². The second-order valence-corrected chi connectivity index (χ2v) is 5.01. The van der Waals surface area contributed by atoms with E-state index in [0.717, 1.165) is 0 Å². The minimum atomic E-state index is -0.233. The van der Waals surface area contributed by atoms with Crippen LogP contribution >= 0.6 is 11.6 Å². The molecule has 1 unspecified atom stereocenters. The van der Waals surface area contributed by atoms with E-state index in [0.29, 0.717) is 42.3 Å². The molecule has 1 aromatic rings. The highest BCUT2D eigenvalue weighted by atomic mass is 35.5. The molecule has 20 heavy (non-hydrogen) atoms. The van der Waals surface area contributed by atoms with Gasteiger partial charge in [0, 0.05) is 31.7 Å². The van der Waals surface area contributed by atoms with Crippen LogP contribution in [0.3, 0.4) is 0 Å². The van der Waals surface area contributed by atoms with E-state index >= 15 is 0 Å². The maximum absolute atomic E-state index is 12.1. The van der Waals surface area contributed by atoms with Crippen molar-refractivity contribution < 1.29 is 9.59 Å². The summed E-state index contributed by atoms with van der Waals surface area (Å²) in [7, 11) is 0. The Morgan fingerprint density at radius 3 is 3.00 bits per heavy atom. The summed E-state index contributed by atoms with van der Waals surface area (Å²) in [4.78, 5) is 27.2. The van der Waals surface area contributed by atoms with Crippen molar-refractivity contribution >= 4 is 29.2 Å². The summed E-state index contributed by atoms with van der Waals surface area (Å²) in [6, 6.07) is 1.54. The van der Waals surface area contributed by atoms with Gasteiger partial charge in [0.25, 0.3) is 5.91 Å². The third-order valence-electron chi connectivity index (χ3n) is 3.05. The number of pyridine rings is 1. The van der Waals surface area contributed by atoms with Crippen LogP contribution in [0.15, 0.2) is 12.3 Å². The second kappa shape index (κ2) is 6.56. The molecular formula is C13H17ClN4O2. The van der Waals surface area contributed by atoms with Gasteiger partial charge in [-0.15, -0.1) is 0 Å². The standard InChI is InChI=1S/C13H17ClN4O2/c1-2-15-12-10(14)5-8(6-17-12)13(20)18-9-3-4-11(19)16-7-9/h5-6,9H,2-4,7H2,1H3,(H,15,17)(H,16,19)(H,18,20). The van der Waals surface area contributed by atoms with Crippen molar-refractivity contribution in [2.45, 2.75) is 25.8 Å². The lowest BCUT2D eigenvalue weighted by Gasteiger charge is -2.23. The molecule has 1 aliphatic heterocycles. The molecule has 0 radical (unpaired) electrons. The zero-order chi connectivity index (χ0) is 14.5. The Balaban J connectivity index is 1.98. The van der Waals surface area contributed by atoms with Crippen LogP contribution < -0.4 is 16.0 Å². The number of halogens is 1. The Kier molecular flexibility index (Phi) is 4.79. The largest absolute Gasteiger partial charge is 0.369 e. The highest BCUT2D eigenvalue weighted by Crippen LogP contribution is 2.20. The number of nitrogens with one attached hydrogen (secondary N) is 3. The van der Waals surface area contributed by atoms with E-state index in [1.54, 1.807) is 6.07 Å². The predicted octanol–water partition coefficient (Wildman–Crippen LogP) is 1.18. The summed E-state index contributed by atoms with van der Waals surface area (Å²) in [6.45, 7) is 3.11. The van der Waals surface area contributed by atoms with Crippen LogP contribution in [-0.2, 0) is 4.79 Å². The van der Waals surface area contributed by atoms with Crippen molar-refractivity contribution in [1.29, 1.82) is 0 Å². The van der Waals surface area contributed by atoms with Gasteiger partial charge in [-0.05, 0) is 19.4 Å². The second-order valence-electron chi connectivity index (χ2n) is 4.60. The fourth-order valence-electron chi connectivity index (χ4n) is 1.98. The van der Waals surface area contributed by atoms with E-state index in [-0.39, 0.29) is 17.9 Å². The predicted molar refractivity (Wildman–Crippen MR) is 76.9 cm³/mol. The van der Waals surface area contributed by atoms with Gasteiger partial charge in [0.1, 0.15) is 5.82 Å². The number of nitrogens with zero attached hydrogens (tertiary/aromatic N) is 1. The summed E-state index contributed by atoms with van der Waals surface area (Å²) >= 11 is 6.05. The highest BCUT2D eigenvalue weighted by molar-refractivity contribution is 6.33. The molecule has 0 spiro atoms. The summed E-state index contributed by atoms with van der Waals surface area (Å²) in [5, 5.41) is 9.00. The van der Waals surface area contributed by atoms with Gasteiger partial charge >= 0.3 is 0 Å². The number of hydrogen-bond donors (Lipinski definition) is 3. The molecule has 2 heterocycles. The zero-order valence-corrected chi connectivity index (χ0v) is 12.0. The highest BCUT2D eigenvalue weighted by Gasteiger charge is 2.20. The van der Waals surface area contributed by atoms with Gasteiger partial charge in [0.05, 0.1) is 10.6 Å². The first-order valence-corrected chi connectivity index (χ1v) is 6.95. The molecule has 2 rings (SSSR count). The third kappa shape index (κ3) is 3.60. The minimum absolute atomic E-state index is 0.0233. The average Bonchev–Trinajstić information content (AvgIpc) is 2.44. The number of carbonyl (C=O) groups excluding carboxylic acids is 2. The molecule has 1 atom stereocenters. The Morgan fingerprint density at radius 2 is 2.40 bits per heavy atom. The van der Waals surface area contributed by atoms with Crippen molar-refractivity contribution in [3.8, 4) is 0 Å². The van der Waals surface area contributed by atoms with Gasteiger partial charge in [-0.1, -0.05) is 11.6 Å². The Bertz CT molecular complexity index is 511. The molecule has 0 aliphatic carbocycles. The Labute approximate surface area is 122 Å². The minimum Gasteiger partial charge on any atom is -0.369 e. The van der Waals surface area contributed by atoms with Gasteiger partial charge in [-0.25, -0.2) is 4.98 Å². The topological polar surface area (TPSA) is 83.1 Å². The van der Waals surface area contributed by atoms with Crippen molar-refractivity contribution in [2.24, 2.45) is 0 Å². The lowest BCUT2D eigenvalue weighted by molar-refractivity contribution is -0.122. The third-order valence-corrected chi connectivity index (χ3v) is 3.34. The van der Waals surface area contributed by atoms with Crippen molar-refractivity contribution in [3.63, 3.8) is 0 Å². The maximum Gasteiger partial charge on any atom is 0.253 e. The molecule has 0 saturated carbocycles. The van der Waals surface area contributed by atoms with Crippen molar-refractivity contribution in [2.75, 3.05) is 18.4 Å². The molecular weight excluding hydrogens is 280 g/mol. The fraction of sp³-hybridized carbons (Fsp3) is 0.462. The molecule has 1 saturated heterocycles. The van der Waals surface area contributed by atoms with E-state index < -0.39 is 0 Å². The first-order valence-electron chi connectivity index (χ1n) is 6.57. The number of aromatic nitrogens is 1. The van der Waals surface area contributed by atoms with Gasteiger partial charge < -0.3 is 16.0 Å². The normalized spacial score (nSPS) is 18.3. The lowest BCUT2D eigenvalue weighted by Crippen LogP contribution is -2.47. The molecule has 7 heteroatoms. The molecule has 0 aromatic carbocycles. The van der Waals surface area contributed by atoms with E-state index in [4.69, 9.17) is 11.6 Å². The summed E-state index contributed by atoms with van der Waals surface area (Å²) < 4.78 is 0. The molecule has 1 fully saturated rings. The molecule has 108 valence electrons. The number of piperidine rings is 1. The van der Waals surface area contributed by atoms with Crippen molar-refractivity contribution in [1.82, 2.24) is 15.6 Å². The molecule has 0 bridgehead atoms. The lowest BCUT2D eigenvalue weighted by atomic mass is 10.1. The van der Waals surface area contributed by atoms with Gasteiger partial charge in [0.2, 0.25) is 5.91 Å². The molecule has 1 aliphatic rings. The van der Waals surface area contributed by atoms with Crippen LogP contribution in [0.5, 0.6) is 0 Å².